The molecule has 3 aromatic rings. The van der Waals surface area contributed by atoms with E-state index in [0.717, 1.165) is 26.7 Å². The summed E-state index contributed by atoms with van der Waals surface area (Å²) in [4.78, 5) is 13.5. The normalized spacial score (nSPS) is 10.8. The van der Waals surface area contributed by atoms with Gasteiger partial charge in [0.05, 0.1) is 6.61 Å². The molecule has 0 aliphatic heterocycles. The standard InChI is InChI=1S/C24H21ClO3S/c1-2-27-24(26)15-9-19-8-12-22(16-23(19)25)29-21-13-10-20(11-14-21)28-17-18-6-4-3-5-7-18/h3-16H,2,17H2,1H3/b15-9+. The number of benzene rings is 3. The summed E-state index contributed by atoms with van der Waals surface area (Å²) in [5.74, 6) is 0.451. The summed E-state index contributed by atoms with van der Waals surface area (Å²) in [5.41, 5.74) is 1.91. The molecule has 148 valence electrons. The van der Waals surface area contributed by atoms with Crippen LogP contribution in [0.15, 0.2) is 88.7 Å². The molecule has 0 amide bonds. The van der Waals surface area contributed by atoms with Gasteiger partial charge in [-0.3, -0.25) is 0 Å². The minimum absolute atomic E-state index is 0.350. The number of hydrogen-bond donors (Lipinski definition) is 0. The Bertz CT molecular complexity index is 969. The molecule has 5 heteroatoms. The van der Waals surface area contributed by atoms with Gasteiger partial charge in [0.25, 0.3) is 0 Å². The van der Waals surface area contributed by atoms with Gasteiger partial charge in [-0.1, -0.05) is 59.8 Å². The molecule has 3 rings (SSSR count). The second kappa shape index (κ2) is 10.7. The quantitative estimate of drug-likeness (QED) is 0.299. The first kappa shape index (κ1) is 21.0. The van der Waals surface area contributed by atoms with Crippen molar-refractivity contribution in [2.45, 2.75) is 23.3 Å². The van der Waals surface area contributed by atoms with Crippen LogP contribution in [0.25, 0.3) is 6.08 Å². The van der Waals surface area contributed by atoms with Crippen LogP contribution in [0.1, 0.15) is 18.1 Å². The molecule has 3 nitrogen and oxygen atoms in total. The molecule has 0 N–H and O–H groups in total. The first-order chi connectivity index (χ1) is 14.1. The van der Waals surface area contributed by atoms with Crippen molar-refractivity contribution in [1.82, 2.24) is 0 Å². The van der Waals surface area contributed by atoms with Gasteiger partial charge in [0.15, 0.2) is 0 Å². The van der Waals surface area contributed by atoms with E-state index >= 15 is 0 Å². The molecule has 0 aromatic heterocycles. The van der Waals surface area contributed by atoms with Crippen LogP contribution in [0, 0.1) is 0 Å². The summed E-state index contributed by atoms with van der Waals surface area (Å²) in [6.07, 6.45) is 3.04. The number of carbonyl (C=O) groups is 1. The monoisotopic (exact) mass is 424 g/mol. The van der Waals surface area contributed by atoms with Crippen molar-refractivity contribution in [3.63, 3.8) is 0 Å². The Morgan fingerprint density at radius 2 is 1.72 bits per heavy atom. The van der Waals surface area contributed by atoms with Crippen LogP contribution in [0.4, 0.5) is 0 Å². The number of esters is 1. The summed E-state index contributed by atoms with van der Waals surface area (Å²) >= 11 is 7.95. The Balaban J connectivity index is 1.58. The molecule has 29 heavy (non-hydrogen) atoms. The zero-order chi connectivity index (χ0) is 20.5. The number of hydrogen-bond acceptors (Lipinski definition) is 4. The van der Waals surface area contributed by atoms with Gasteiger partial charge in [0.1, 0.15) is 12.4 Å². The van der Waals surface area contributed by atoms with Gasteiger partial charge in [-0.15, -0.1) is 0 Å². The first-order valence-corrected chi connectivity index (χ1v) is 10.4. The highest BCUT2D eigenvalue weighted by Gasteiger charge is 2.04. The third kappa shape index (κ3) is 6.70. The van der Waals surface area contributed by atoms with E-state index in [0.29, 0.717) is 18.2 Å². The molecule has 0 saturated heterocycles. The molecule has 0 spiro atoms. The lowest BCUT2D eigenvalue weighted by Crippen LogP contribution is -1.98. The third-order valence-corrected chi connectivity index (χ3v) is 5.29. The molecule has 0 unspecified atom stereocenters. The lowest BCUT2D eigenvalue weighted by Gasteiger charge is -2.08. The van der Waals surface area contributed by atoms with E-state index in [4.69, 9.17) is 21.1 Å². The van der Waals surface area contributed by atoms with E-state index < -0.39 is 0 Å². The van der Waals surface area contributed by atoms with Gasteiger partial charge >= 0.3 is 5.97 Å². The van der Waals surface area contributed by atoms with Gasteiger partial charge in [-0.2, -0.15) is 0 Å². The zero-order valence-electron chi connectivity index (χ0n) is 16.0. The van der Waals surface area contributed by atoms with E-state index in [1.54, 1.807) is 24.8 Å². The van der Waals surface area contributed by atoms with Crippen LogP contribution < -0.4 is 4.74 Å². The maximum atomic E-state index is 11.4. The summed E-state index contributed by atoms with van der Waals surface area (Å²) in [7, 11) is 0. The smallest absolute Gasteiger partial charge is 0.330 e. The number of carbonyl (C=O) groups excluding carboxylic acids is 1. The Labute approximate surface area is 180 Å². The zero-order valence-corrected chi connectivity index (χ0v) is 17.6. The molecular weight excluding hydrogens is 404 g/mol. The van der Waals surface area contributed by atoms with E-state index in [1.807, 2.05) is 72.8 Å². The molecule has 0 fully saturated rings. The van der Waals surface area contributed by atoms with Gasteiger partial charge in [0, 0.05) is 20.9 Å². The fourth-order valence-electron chi connectivity index (χ4n) is 2.54. The van der Waals surface area contributed by atoms with Crippen LogP contribution in [0.5, 0.6) is 5.75 Å². The van der Waals surface area contributed by atoms with E-state index in [-0.39, 0.29) is 5.97 Å². The predicted molar refractivity (Wildman–Crippen MR) is 118 cm³/mol. The number of rotatable bonds is 8. The average molecular weight is 425 g/mol. The minimum Gasteiger partial charge on any atom is -0.489 e. The second-order valence-corrected chi connectivity index (χ2v) is 7.67. The average Bonchev–Trinajstić information content (AvgIpc) is 2.74. The molecule has 0 bridgehead atoms. The highest BCUT2D eigenvalue weighted by Crippen LogP contribution is 2.32. The van der Waals surface area contributed by atoms with E-state index in [9.17, 15) is 4.79 Å². The summed E-state index contributed by atoms with van der Waals surface area (Å²) in [5, 5.41) is 0.582. The lowest BCUT2D eigenvalue weighted by molar-refractivity contribution is -0.137. The first-order valence-electron chi connectivity index (χ1n) is 9.23. The van der Waals surface area contributed by atoms with Gasteiger partial charge in [-0.25, -0.2) is 4.79 Å². The van der Waals surface area contributed by atoms with Crippen LogP contribution in [0.3, 0.4) is 0 Å². The molecule has 0 radical (unpaired) electrons. The number of ether oxygens (including phenoxy) is 2. The summed E-state index contributed by atoms with van der Waals surface area (Å²) < 4.78 is 10.7. The van der Waals surface area contributed by atoms with Crippen molar-refractivity contribution >= 4 is 35.4 Å². The fourth-order valence-corrected chi connectivity index (χ4v) is 3.70. The highest BCUT2D eigenvalue weighted by molar-refractivity contribution is 7.99. The SMILES string of the molecule is CCOC(=O)/C=C/c1ccc(Sc2ccc(OCc3ccccc3)cc2)cc1Cl. The molecule has 3 aromatic carbocycles. The van der Waals surface area contributed by atoms with Crippen LogP contribution in [-0.2, 0) is 16.1 Å². The molecule has 0 aliphatic carbocycles. The van der Waals surface area contributed by atoms with Gasteiger partial charge < -0.3 is 9.47 Å². The fraction of sp³-hybridized carbons (Fsp3) is 0.125. The van der Waals surface area contributed by atoms with Crippen molar-refractivity contribution in [1.29, 1.82) is 0 Å². The van der Waals surface area contributed by atoms with Crippen molar-refractivity contribution in [3.05, 3.63) is 95.0 Å². The molecule has 0 heterocycles. The van der Waals surface area contributed by atoms with Crippen molar-refractivity contribution in [2.75, 3.05) is 6.61 Å². The largest absolute Gasteiger partial charge is 0.489 e. The molecular formula is C24H21ClO3S. The van der Waals surface area contributed by atoms with Crippen LogP contribution in [0.2, 0.25) is 5.02 Å². The van der Waals surface area contributed by atoms with Gasteiger partial charge in [0.2, 0.25) is 0 Å². The Morgan fingerprint density at radius 1 is 1.00 bits per heavy atom. The Kier molecular flexibility index (Phi) is 7.79. The summed E-state index contributed by atoms with van der Waals surface area (Å²) in [6.45, 7) is 2.67. The molecule has 0 aliphatic rings. The Hall–Kier alpha value is -2.69. The second-order valence-electron chi connectivity index (χ2n) is 6.12. The van der Waals surface area contributed by atoms with Crippen LogP contribution >= 0.6 is 23.4 Å². The van der Waals surface area contributed by atoms with E-state index in [2.05, 4.69) is 0 Å². The maximum absolute atomic E-state index is 11.4. The van der Waals surface area contributed by atoms with E-state index in [1.165, 1.54) is 6.08 Å². The van der Waals surface area contributed by atoms with Crippen molar-refractivity contribution < 1.29 is 14.3 Å². The van der Waals surface area contributed by atoms with Crippen molar-refractivity contribution in [3.8, 4) is 5.75 Å². The predicted octanol–water partition coefficient (Wildman–Crippen LogP) is 6.65. The lowest BCUT2D eigenvalue weighted by atomic mass is 10.2. The molecule has 0 saturated carbocycles. The minimum atomic E-state index is -0.378. The topological polar surface area (TPSA) is 35.5 Å². The highest BCUT2D eigenvalue weighted by atomic mass is 35.5. The van der Waals surface area contributed by atoms with Crippen LogP contribution in [-0.4, -0.2) is 12.6 Å². The number of halogens is 1. The summed E-state index contributed by atoms with van der Waals surface area (Å²) in [6, 6.07) is 23.8. The third-order valence-electron chi connectivity index (χ3n) is 3.97. The van der Waals surface area contributed by atoms with Crippen molar-refractivity contribution in [2.24, 2.45) is 0 Å². The van der Waals surface area contributed by atoms with Gasteiger partial charge in [-0.05, 0) is 60.5 Å². The molecule has 0 atom stereocenters. The maximum Gasteiger partial charge on any atom is 0.330 e. The Morgan fingerprint density at radius 3 is 2.41 bits per heavy atom.